The number of carbonyl (C=O) groups excluding carboxylic acids is 1. The molecule has 0 bridgehead atoms. The average Bonchev–Trinajstić information content (AvgIpc) is 2.71. The minimum atomic E-state index is -3.93. The number of rotatable bonds is 6. The van der Waals surface area contributed by atoms with E-state index in [0.717, 1.165) is 40.5 Å². The molecule has 0 unspecified atom stereocenters. The Hall–Kier alpha value is -3.03. The minimum Gasteiger partial charge on any atom is -0.322 e. The highest BCUT2D eigenvalue weighted by atomic mass is 32.2. The third-order valence-electron chi connectivity index (χ3n) is 4.93. The van der Waals surface area contributed by atoms with Crippen molar-refractivity contribution < 1.29 is 17.6 Å². The molecule has 3 aromatic carbocycles. The molecule has 0 atom stereocenters. The smallest absolute Gasteiger partial charge is 0.258 e. The maximum Gasteiger partial charge on any atom is 0.258 e. The maximum atomic E-state index is 14.3. The van der Waals surface area contributed by atoms with E-state index in [-0.39, 0.29) is 17.0 Å². The summed E-state index contributed by atoms with van der Waals surface area (Å²) in [6.45, 7) is 5.77. The second kappa shape index (κ2) is 8.77. The van der Waals surface area contributed by atoms with Crippen molar-refractivity contribution in [3.8, 4) is 0 Å². The SMILES string of the molecule is Cc1ccc(CNS(=O)(=O)c2ccc(F)c(C(=O)Nc3cccc(C)c3C)c2)cc1. The van der Waals surface area contributed by atoms with Gasteiger partial charge in [-0.25, -0.2) is 17.5 Å². The molecule has 0 saturated carbocycles. The molecular weight excluding hydrogens is 403 g/mol. The van der Waals surface area contributed by atoms with E-state index >= 15 is 0 Å². The van der Waals surface area contributed by atoms with Crippen molar-refractivity contribution in [1.29, 1.82) is 0 Å². The van der Waals surface area contributed by atoms with Gasteiger partial charge in [0.2, 0.25) is 10.0 Å². The number of sulfonamides is 1. The number of hydrogen-bond acceptors (Lipinski definition) is 3. The van der Waals surface area contributed by atoms with E-state index < -0.39 is 21.7 Å². The molecular formula is C23H23FN2O3S. The van der Waals surface area contributed by atoms with Crippen LogP contribution in [-0.2, 0) is 16.6 Å². The normalized spacial score (nSPS) is 11.3. The monoisotopic (exact) mass is 426 g/mol. The van der Waals surface area contributed by atoms with Crippen molar-refractivity contribution in [2.45, 2.75) is 32.2 Å². The second-order valence-corrected chi connectivity index (χ2v) is 8.92. The Morgan fingerprint density at radius 3 is 2.37 bits per heavy atom. The first-order valence-electron chi connectivity index (χ1n) is 9.40. The van der Waals surface area contributed by atoms with Crippen molar-refractivity contribution in [2.24, 2.45) is 0 Å². The first-order chi connectivity index (χ1) is 14.2. The summed E-state index contributed by atoms with van der Waals surface area (Å²) in [5, 5.41) is 2.66. The van der Waals surface area contributed by atoms with Crippen molar-refractivity contribution in [3.05, 3.63) is 94.3 Å². The van der Waals surface area contributed by atoms with Crippen LogP contribution in [0.2, 0.25) is 0 Å². The molecule has 0 saturated heterocycles. The predicted molar refractivity (Wildman–Crippen MR) is 115 cm³/mol. The minimum absolute atomic E-state index is 0.0873. The first kappa shape index (κ1) is 21.7. The third kappa shape index (κ3) is 4.93. The quantitative estimate of drug-likeness (QED) is 0.610. The maximum absolute atomic E-state index is 14.3. The average molecular weight is 427 g/mol. The van der Waals surface area contributed by atoms with Gasteiger partial charge < -0.3 is 5.32 Å². The van der Waals surface area contributed by atoms with Crippen LogP contribution in [0.25, 0.3) is 0 Å². The third-order valence-corrected chi connectivity index (χ3v) is 6.33. The van der Waals surface area contributed by atoms with E-state index in [1.807, 2.05) is 51.1 Å². The Morgan fingerprint density at radius 1 is 0.967 bits per heavy atom. The van der Waals surface area contributed by atoms with Crippen molar-refractivity contribution in [1.82, 2.24) is 4.72 Å². The number of aryl methyl sites for hydroxylation is 2. The lowest BCUT2D eigenvalue weighted by atomic mass is 10.1. The zero-order valence-electron chi connectivity index (χ0n) is 17.0. The van der Waals surface area contributed by atoms with E-state index in [1.165, 1.54) is 0 Å². The van der Waals surface area contributed by atoms with Crippen LogP contribution in [0.15, 0.2) is 65.6 Å². The topological polar surface area (TPSA) is 75.3 Å². The van der Waals surface area contributed by atoms with E-state index in [1.54, 1.807) is 12.1 Å². The molecule has 5 nitrogen and oxygen atoms in total. The number of anilines is 1. The fraction of sp³-hybridized carbons (Fsp3) is 0.174. The molecule has 0 spiro atoms. The Labute approximate surface area is 176 Å². The van der Waals surface area contributed by atoms with E-state index in [9.17, 15) is 17.6 Å². The van der Waals surface area contributed by atoms with Gasteiger partial charge in [-0.2, -0.15) is 0 Å². The molecule has 0 heterocycles. The van der Waals surface area contributed by atoms with E-state index in [4.69, 9.17) is 0 Å². The Balaban J connectivity index is 1.82. The summed E-state index contributed by atoms with van der Waals surface area (Å²) in [5.41, 5.74) is 3.90. The lowest BCUT2D eigenvalue weighted by Gasteiger charge is -2.12. The van der Waals surface area contributed by atoms with Crippen LogP contribution < -0.4 is 10.0 Å². The van der Waals surface area contributed by atoms with Crippen LogP contribution in [-0.4, -0.2) is 14.3 Å². The van der Waals surface area contributed by atoms with Gasteiger partial charge in [0.15, 0.2) is 0 Å². The predicted octanol–water partition coefficient (Wildman–Crippen LogP) is 4.48. The fourth-order valence-corrected chi connectivity index (χ4v) is 3.93. The lowest BCUT2D eigenvalue weighted by Crippen LogP contribution is -2.24. The molecule has 3 rings (SSSR count). The van der Waals surface area contributed by atoms with Gasteiger partial charge in [0.25, 0.3) is 5.91 Å². The number of nitrogens with one attached hydrogen (secondary N) is 2. The van der Waals surface area contributed by atoms with Crippen molar-refractivity contribution in [2.75, 3.05) is 5.32 Å². The molecule has 0 aromatic heterocycles. The van der Waals surface area contributed by atoms with Crippen LogP contribution in [0.5, 0.6) is 0 Å². The molecule has 0 aliphatic rings. The summed E-state index contributed by atoms with van der Waals surface area (Å²) in [6, 6.07) is 16.0. The van der Waals surface area contributed by atoms with Gasteiger partial charge in [0, 0.05) is 12.2 Å². The van der Waals surface area contributed by atoms with Crippen LogP contribution in [0.1, 0.15) is 32.6 Å². The summed E-state index contributed by atoms with van der Waals surface area (Å²) < 4.78 is 42.1. The highest BCUT2D eigenvalue weighted by molar-refractivity contribution is 7.89. The second-order valence-electron chi connectivity index (χ2n) is 7.15. The first-order valence-corrected chi connectivity index (χ1v) is 10.9. The highest BCUT2D eigenvalue weighted by Gasteiger charge is 2.20. The van der Waals surface area contributed by atoms with Gasteiger partial charge in [0.05, 0.1) is 10.5 Å². The number of benzene rings is 3. The van der Waals surface area contributed by atoms with Crippen LogP contribution >= 0.6 is 0 Å². The van der Waals surface area contributed by atoms with Gasteiger partial charge >= 0.3 is 0 Å². The van der Waals surface area contributed by atoms with Crippen molar-refractivity contribution >= 4 is 21.6 Å². The Bertz CT molecular complexity index is 1190. The summed E-state index contributed by atoms with van der Waals surface area (Å²) >= 11 is 0. The number of hydrogen-bond donors (Lipinski definition) is 2. The Kier molecular flexibility index (Phi) is 6.34. The van der Waals surface area contributed by atoms with Crippen molar-refractivity contribution in [3.63, 3.8) is 0 Å². The molecule has 3 aromatic rings. The number of halogens is 1. The van der Waals surface area contributed by atoms with E-state index in [0.29, 0.717) is 5.69 Å². The lowest BCUT2D eigenvalue weighted by molar-refractivity contribution is 0.102. The zero-order valence-corrected chi connectivity index (χ0v) is 17.8. The van der Waals surface area contributed by atoms with Gasteiger partial charge in [0.1, 0.15) is 5.82 Å². The molecule has 0 fully saturated rings. The largest absolute Gasteiger partial charge is 0.322 e. The molecule has 0 aliphatic carbocycles. The van der Waals surface area contributed by atoms with Gasteiger partial charge in [-0.05, 0) is 61.7 Å². The molecule has 0 radical (unpaired) electrons. The van der Waals surface area contributed by atoms with Crippen LogP contribution in [0, 0.1) is 26.6 Å². The summed E-state index contributed by atoms with van der Waals surface area (Å²) in [6.07, 6.45) is 0. The summed E-state index contributed by atoms with van der Waals surface area (Å²) in [5.74, 6) is -1.51. The van der Waals surface area contributed by atoms with Crippen LogP contribution in [0.4, 0.5) is 10.1 Å². The van der Waals surface area contributed by atoms with Gasteiger partial charge in [-0.3, -0.25) is 4.79 Å². The van der Waals surface area contributed by atoms with Gasteiger partial charge in [-0.15, -0.1) is 0 Å². The number of carbonyl (C=O) groups is 1. The zero-order chi connectivity index (χ0) is 21.9. The highest BCUT2D eigenvalue weighted by Crippen LogP contribution is 2.21. The van der Waals surface area contributed by atoms with Gasteiger partial charge in [-0.1, -0.05) is 42.0 Å². The summed E-state index contributed by atoms with van der Waals surface area (Å²) in [4.78, 5) is 12.4. The summed E-state index contributed by atoms with van der Waals surface area (Å²) in [7, 11) is -3.93. The molecule has 1 amide bonds. The molecule has 7 heteroatoms. The standard InChI is InChI=1S/C23H23FN2O3S/c1-15-7-9-18(10-8-15)14-25-30(28,29)19-11-12-21(24)20(13-19)23(27)26-22-6-4-5-16(2)17(22)3/h4-13,25H,14H2,1-3H3,(H,26,27). The molecule has 0 aliphatic heterocycles. The number of amides is 1. The fourth-order valence-electron chi connectivity index (χ4n) is 2.89. The molecule has 2 N–H and O–H groups in total. The molecule has 156 valence electrons. The van der Waals surface area contributed by atoms with Crippen LogP contribution in [0.3, 0.4) is 0 Å². The molecule has 30 heavy (non-hydrogen) atoms. The van der Waals surface area contributed by atoms with E-state index in [2.05, 4.69) is 10.0 Å². The Morgan fingerprint density at radius 2 is 1.67 bits per heavy atom.